The second-order valence-corrected chi connectivity index (χ2v) is 11.0. The highest BCUT2D eigenvalue weighted by molar-refractivity contribution is 5.79. The zero-order valence-electron chi connectivity index (χ0n) is 23.6. The molecule has 1 aliphatic rings. The van der Waals surface area contributed by atoms with E-state index >= 15 is 0 Å². The summed E-state index contributed by atoms with van der Waals surface area (Å²) in [6, 6.07) is 28.7. The van der Waals surface area contributed by atoms with Crippen molar-refractivity contribution in [3.63, 3.8) is 0 Å². The van der Waals surface area contributed by atoms with Crippen LogP contribution in [0.5, 0.6) is 0 Å². The number of nitrogens with zero attached hydrogens (tertiary/aromatic N) is 4. The summed E-state index contributed by atoms with van der Waals surface area (Å²) in [7, 11) is 0. The van der Waals surface area contributed by atoms with Crippen LogP contribution in [0.15, 0.2) is 91.4 Å². The van der Waals surface area contributed by atoms with Crippen LogP contribution < -0.4 is 11.1 Å². The molecule has 5 rings (SSSR count). The van der Waals surface area contributed by atoms with Crippen molar-refractivity contribution in [2.75, 3.05) is 19.6 Å². The number of rotatable bonds is 10. The third-order valence-corrected chi connectivity index (χ3v) is 8.09. The largest absolute Gasteiger partial charge is 0.348 e. The molecule has 0 radical (unpaired) electrons. The lowest BCUT2D eigenvalue weighted by molar-refractivity contribution is -0.127. The Kier molecular flexibility index (Phi) is 9.25. The number of hydrogen-bond acceptors (Lipinski definition) is 5. The van der Waals surface area contributed by atoms with E-state index in [1.165, 1.54) is 11.1 Å². The molecule has 1 saturated heterocycles. The molecule has 3 N–H and O–H groups in total. The van der Waals surface area contributed by atoms with Crippen molar-refractivity contribution in [3.8, 4) is 6.07 Å². The molecule has 0 spiro atoms. The molecule has 0 saturated carbocycles. The highest BCUT2D eigenvalue weighted by Gasteiger charge is 2.29. The van der Waals surface area contributed by atoms with E-state index in [1.807, 2.05) is 37.4 Å². The van der Waals surface area contributed by atoms with E-state index in [-0.39, 0.29) is 23.8 Å². The van der Waals surface area contributed by atoms with Crippen molar-refractivity contribution in [2.24, 2.45) is 11.7 Å². The molecule has 3 aromatic carbocycles. The van der Waals surface area contributed by atoms with Crippen LogP contribution in [-0.4, -0.2) is 40.0 Å². The fourth-order valence-corrected chi connectivity index (χ4v) is 5.83. The van der Waals surface area contributed by atoms with Crippen molar-refractivity contribution in [1.29, 1.82) is 5.26 Å². The molecule has 1 aliphatic heterocycles. The average Bonchev–Trinajstić information content (AvgIpc) is 3.49. The number of carbonyl (C=O) groups is 1. The summed E-state index contributed by atoms with van der Waals surface area (Å²) in [6.07, 6.45) is 5.50. The van der Waals surface area contributed by atoms with E-state index in [0.29, 0.717) is 18.7 Å². The number of benzene rings is 3. The van der Waals surface area contributed by atoms with Gasteiger partial charge in [0, 0.05) is 32.1 Å². The lowest BCUT2D eigenvalue weighted by Crippen LogP contribution is -2.45. The van der Waals surface area contributed by atoms with Gasteiger partial charge in [-0.15, -0.1) is 0 Å². The minimum absolute atomic E-state index is 0.0621. The van der Waals surface area contributed by atoms with Crippen LogP contribution in [0, 0.1) is 17.2 Å². The number of nitriles is 1. The SMILES string of the molecule is C[C@H](NC(=O)C1CCCN(CC(c2ccccc2)c2cccc(CN)c2)C1)c1cncn1Cc1ccc(C#N)cc1. The molecule has 0 bridgehead atoms. The summed E-state index contributed by atoms with van der Waals surface area (Å²) in [5.74, 6) is 0.239. The summed E-state index contributed by atoms with van der Waals surface area (Å²) < 4.78 is 2.05. The van der Waals surface area contributed by atoms with Gasteiger partial charge in [0.1, 0.15) is 0 Å². The van der Waals surface area contributed by atoms with E-state index in [2.05, 4.69) is 80.4 Å². The Morgan fingerprint density at radius 2 is 1.85 bits per heavy atom. The maximum atomic E-state index is 13.5. The minimum Gasteiger partial charge on any atom is -0.348 e. The molecule has 41 heavy (non-hydrogen) atoms. The summed E-state index contributed by atoms with van der Waals surface area (Å²) in [5.41, 5.74) is 12.3. The first kappa shape index (κ1) is 28.3. The van der Waals surface area contributed by atoms with E-state index in [9.17, 15) is 4.79 Å². The molecule has 7 heteroatoms. The van der Waals surface area contributed by atoms with Gasteiger partial charge in [-0.1, -0.05) is 66.7 Å². The van der Waals surface area contributed by atoms with Crippen molar-refractivity contribution in [2.45, 2.75) is 44.8 Å². The topological polar surface area (TPSA) is 100.0 Å². The molecule has 7 nitrogen and oxygen atoms in total. The fourth-order valence-electron chi connectivity index (χ4n) is 5.83. The van der Waals surface area contributed by atoms with E-state index in [4.69, 9.17) is 11.0 Å². The first-order chi connectivity index (χ1) is 20.0. The van der Waals surface area contributed by atoms with E-state index in [0.717, 1.165) is 49.3 Å². The summed E-state index contributed by atoms with van der Waals surface area (Å²) >= 11 is 0. The maximum Gasteiger partial charge on any atom is 0.224 e. The van der Waals surface area contributed by atoms with Gasteiger partial charge in [0.05, 0.1) is 41.8 Å². The van der Waals surface area contributed by atoms with Gasteiger partial charge in [0.2, 0.25) is 5.91 Å². The van der Waals surface area contributed by atoms with Gasteiger partial charge >= 0.3 is 0 Å². The summed E-state index contributed by atoms with van der Waals surface area (Å²) in [6.45, 7) is 5.74. The quantitative estimate of drug-likeness (QED) is 0.292. The van der Waals surface area contributed by atoms with Crippen LogP contribution in [0.1, 0.15) is 65.2 Å². The molecule has 1 fully saturated rings. The van der Waals surface area contributed by atoms with E-state index in [1.54, 1.807) is 6.33 Å². The molecule has 2 heterocycles. The summed E-state index contributed by atoms with van der Waals surface area (Å²) in [4.78, 5) is 20.3. The Labute approximate surface area is 242 Å². The lowest BCUT2D eigenvalue weighted by Gasteiger charge is -2.35. The predicted octanol–water partition coefficient (Wildman–Crippen LogP) is 4.98. The van der Waals surface area contributed by atoms with Crippen LogP contribution in [0.25, 0.3) is 0 Å². The molecule has 3 atom stereocenters. The molecular formula is C34H38N6O. The number of amides is 1. The lowest BCUT2D eigenvalue weighted by atomic mass is 9.88. The van der Waals surface area contributed by atoms with Crippen LogP contribution in [0.2, 0.25) is 0 Å². The molecular weight excluding hydrogens is 508 g/mol. The Morgan fingerprint density at radius 1 is 1.07 bits per heavy atom. The third kappa shape index (κ3) is 7.10. The second kappa shape index (κ2) is 13.4. The number of likely N-dealkylation sites (tertiary alicyclic amines) is 1. The molecule has 0 aliphatic carbocycles. The maximum absolute atomic E-state index is 13.5. The molecule has 4 aromatic rings. The predicted molar refractivity (Wildman–Crippen MR) is 161 cm³/mol. The van der Waals surface area contributed by atoms with Crippen LogP contribution in [0.4, 0.5) is 0 Å². The minimum atomic E-state index is -0.171. The van der Waals surface area contributed by atoms with Gasteiger partial charge in [-0.2, -0.15) is 5.26 Å². The highest BCUT2D eigenvalue weighted by atomic mass is 16.2. The van der Waals surface area contributed by atoms with Gasteiger partial charge < -0.3 is 20.5 Å². The number of nitrogens with two attached hydrogens (primary N) is 1. The number of aromatic nitrogens is 2. The summed E-state index contributed by atoms with van der Waals surface area (Å²) in [5, 5.41) is 12.3. The molecule has 1 amide bonds. The van der Waals surface area contributed by atoms with Crippen LogP contribution in [0.3, 0.4) is 0 Å². The smallest absolute Gasteiger partial charge is 0.224 e. The van der Waals surface area contributed by atoms with Crippen molar-refractivity contribution in [1.82, 2.24) is 19.8 Å². The zero-order chi connectivity index (χ0) is 28.6. The highest BCUT2D eigenvalue weighted by Crippen LogP contribution is 2.29. The number of piperidine rings is 1. The molecule has 2 unspecified atom stereocenters. The van der Waals surface area contributed by atoms with Crippen LogP contribution >= 0.6 is 0 Å². The Hall–Kier alpha value is -4.25. The first-order valence-electron chi connectivity index (χ1n) is 14.4. The van der Waals surface area contributed by atoms with Crippen molar-refractivity contribution >= 4 is 5.91 Å². The Balaban J connectivity index is 1.24. The molecule has 210 valence electrons. The normalized spacial score (nSPS) is 17.0. The number of hydrogen-bond donors (Lipinski definition) is 2. The number of nitrogens with one attached hydrogen (secondary N) is 1. The first-order valence-corrected chi connectivity index (χ1v) is 14.4. The average molecular weight is 547 g/mol. The fraction of sp³-hybridized carbons (Fsp3) is 0.324. The van der Waals surface area contributed by atoms with Gasteiger partial charge in [-0.3, -0.25) is 4.79 Å². The third-order valence-electron chi connectivity index (χ3n) is 8.09. The Morgan fingerprint density at radius 3 is 2.61 bits per heavy atom. The van der Waals surface area contributed by atoms with Crippen LogP contribution in [-0.2, 0) is 17.9 Å². The number of imidazole rings is 1. The zero-order valence-corrected chi connectivity index (χ0v) is 23.6. The Bertz CT molecular complexity index is 1470. The van der Waals surface area contributed by atoms with Gasteiger partial charge in [0.15, 0.2) is 0 Å². The monoisotopic (exact) mass is 546 g/mol. The molecule has 1 aromatic heterocycles. The van der Waals surface area contributed by atoms with Crippen molar-refractivity contribution < 1.29 is 4.79 Å². The van der Waals surface area contributed by atoms with E-state index < -0.39 is 0 Å². The number of carbonyl (C=O) groups excluding carboxylic acids is 1. The van der Waals surface area contributed by atoms with Gasteiger partial charge in [-0.05, 0) is 60.7 Å². The second-order valence-electron chi connectivity index (χ2n) is 11.0. The standard InChI is InChI=1S/C34H38N6O/c1-25(33-20-37-24-40(33)21-27-14-12-26(18-35)13-15-27)38-34(41)31-11-6-16-39(22-31)23-32(29-8-3-2-4-9-29)30-10-5-7-28(17-30)19-36/h2-5,7-10,12-15,17,20,24-25,31-32H,6,11,16,19,21-23,36H2,1H3,(H,38,41)/t25-,31?,32?/m0/s1. The van der Waals surface area contributed by atoms with Gasteiger partial charge in [-0.25, -0.2) is 4.98 Å². The van der Waals surface area contributed by atoms with Gasteiger partial charge in [0.25, 0.3) is 0 Å². The van der Waals surface area contributed by atoms with Crippen molar-refractivity contribution in [3.05, 3.63) is 125 Å².